The van der Waals surface area contributed by atoms with Crippen LogP contribution in [-0.4, -0.2) is 22.4 Å². The number of hydrogen-bond donors (Lipinski definition) is 2. The zero-order valence-electron chi connectivity index (χ0n) is 12.6. The maximum atomic E-state index is 11.9. The van der Waals surface area contributed by atoms with Crippen molar-refractivity contribution < 1.29 is 4.79 Å². The highest BCUT2D eigenvalue weighted by Gasteiger charge is 2.07. The van der Waals surface area contributed by atoms with Gasteiger partial charge in [0.2, 0.25) is 5.95 Å². The molecule has 0 saturated heterocycles. The van der Waals surface area contributed by atoms with Gasteiger partial charge < -0.3 is 10.6 Å². The molecule has 0 radical (unpaired) electrons. The minimum atomic E-state index is -0.145. The Bertz CT molecular complexity index is 628. The van der Waals surface area contributed by atoms with Gasteiger partial charge in [-0.25, -0.2) is 9.97 Å². The van der Waals surface area contributed by atoms with E-state index in [1.165, 1.54) is 12.4 Å². The predicted molar refractivity (Wildman–Crippen MR) is 91.2 cm³/mol. The number of aromatic nitrogens is 2. The van der Waals surface area contributed by atoms with Gasteiger partial charge in [0.15, 0.2) is 0 Å². The SMILES string of the molecule is CC(C)CCNC(=O)c1cnc(Nc2ccccc2Br)nc1. The van der Waals surface area contributed by atoms with Gasteiger partial charge in [-0.05, 0) is 40.4 Å². The van der Waals surface area contributed by atoms with E-state index in [1.807, 2.05) is 24.3 Å². The molecule has 0 atom stereocenters. The predicted octanol–water partition coefficient (Wildman–Crippen LogP) is 3.76. The van der Waals surface area contributed by atoms with Gasteiger partial charge in [0.1, 0.15) is 0 Å². The van der Waals surface area contributed by atoms with Crippen molar-refractivity contribution >= 4 is 33.5 Å². The van der Waals surface area contributed by atoms with E-state index in [-0.39, 0.29) is 5.91 Å². The second kappa shape index (κ2) is 7.89. The lowest BCUT2D eigenvalue weighted by Crippen LogP contribution is -2.25. The molecule has 0 unspecified atom stereocenters. The van der Waals surface area contributed by atoms with Gasteiger partial charge in [-0.1, -0.05) is 26.0 Å². The normalized spacial score (nSPS) is 10.5. The maximum absolute atomic E-state index is 11.9. The molecule has 0 aliphatic carbocycles. The Morgan fingerprint density at radius 2 is 1.91 bits per heavy atom. The van der Waals surface area contributed by atoms with E-state index in [0.29, 0.717) is 24.0 Å². The number of carbonyl (C=O) groups is 1. The summed E-state index contributed by atoms with van der Waals surface area (Å²) in [7, 11) is 0. The number of nitrogens with one attached hydrogen (secondary N) is 2. The Morgan fingerprint density at radius 3 is 2.55 bits per heavy atom. The zero-order chi connectivity index (χ0) is 15.9. The maximum Gasteiger partial charge on any atom is 0.254 e. The number of anilines is 2. The Morgan fingerprint density at radius 1 is 1.23 bits per heavy atom. The Hall–Kier alpha value is -1.95. The number of para-hydroxylation sites is 1. The Kier molecular flexibility index (Phi) is 5.89. The molecule has 1 amide bonds. The van der Waals surface area contributed by atoms with Crippen LogP contribution in [0.2, 0.25) is 0 Å². The number of hydrogen-bond acceptors (Lipinski definition) is 4. The van der Waals surface area contributed by atoms with Gasteiger partial charge in [0.25, 0.3) is 5.91 Å². The third-order valence-electron chi connectivity index (χ3n) is 3.04. The van der Waals surface area contributed by atoms with Crippen LogP contribution in [0.4, 0.5) is 11.6 Å². The molecule has 116 valence electrons. The van der Waals surface area contributed by atoms with Crippen LogP contribution in [0.25, 0.3) is 0 Å². The number of halogens is 1. The summed E-state index contributed by atoms with van der Waals surface area (Å²) >= 11 is 3.45. The van der Waals surface area contributed by atoms with E-state index >= 15 is 0 Å². The minimum absolute atomic E-state index is 0.145. The molecule has 2 aromatic rings. The first-order valence-electron chi connectivity index (χ1n) is 7.18. The second-order valence-electron chi connectivity index (χ2n) is 5.34. The molecule has 1 aromatic heterocycles. The van der Waals surface area contributed by atoms with Gasteiger partial charge in [0, 0.05) is 23.4 Å². The van der Waals surface area contributed by atoms with Gasteiger partial charge in [-0.15, -0.1) is 0 Å². The minimum Gasteiger partial charge on any atom is -0.352 e. The molecule has 0 aliphatic rings. The molecule has 0 fully saturated rings. The van der Waals surface area contributed by atoms with Crippen molar-refractivity contribution in [2.24, 2.45) is 5.92 Å². The average molecular weight is 363 g/mol. The first-order valence-corrected chi connectivity index (χ1v) is 7.97. The molecule has 1 aromatic carbocycles. The summed E-state index contributed by atoms with van der Waals surface area (Å²) in [5.41, 5.74) is 1.33. The molecule has 0 spiro atoms. The topological polar surface area (TPSA) is 66.9 Å². The van der Waals surface area contributed by atoms with Gasteiger partial charge in [-0.3, -0.25) is 4.79 Å². The van der Waals surface area contributed by atoms with Crippen molar-refractivity contribution in [3.05, 3.63) is 46.7 Å². The fourth-order valence-electron chi connectivity index (χ4n) is 1.77. The lowest BCUT2D eigenvalue weighted by molar-refractivity contribution is 0.0951. The highest BCUT2D eigenvalue weighted by atomic mass is 79.9. The lowest BCUT2D eigenvalue weighted by atomic mass is 10.1. The van der Waals surface area contributed by atoms with Crippen LogP contribution < -0.4 is 10.6 Å². The van der Waals surface area contributed by atoms with Gasteiger partial charge >= 0.3 is 0 Å². The van der Waals surface area contributed by atoms with E-state index in [9.17, 15) is 4.79 Å². The lowest BCUT2D eigenvalue weighted by Gasteiger charge is -2.08. The quantitative estimate of drug-likeness (QED) is 0.820. The van der Waals surface area contributed by atoms with Crippen LogP contribution in [0.3, 0.4) is 0 Å². The third kappa shape index (κ3) is 4.80. The summed E-state index contributed by atoms with van der Waals surface area (Å²) in [5.74, 6) is 0.867. The third-order valence-corrected chi connectivity index (χ3v) is 3.73. The summed E-state index contributed by atoms with van der Waals surface area (Å²) < 4.78 is 0.925. The molecule has 0 bridgehead atoms. The molecule has 0 aliphatic heterocycles. The zero-order valence-corrected chi connectivity index (χ0v) is 14.2. The van der Waals surface area contributed by atoms with Gasteiger partial charge in [0.05, 0.1) is 11.3 Å². The summed E-state index contributed by atoms with van der Waals surface area (Å²) in [6.45, 7) is 4.91. The highest BCUT2D eigenvalue weighted by Crippen LogP contribution is 2.23. The van der Waals surface area contributed by atoms with Crippen LogP contribution in [0.1, 0.15) is 30.6 Å². The molecule has 5 nitrogen and oxygen atoms in total. The van der Waals surface area contributed by atoms with Crippen molar-refractivity contribution in [1.82, 2.24) is 15.3 Å². The smallest absolute Gasteiger partial charge is 0.254 e. The first kappa shape index (κ1) is 16.4. The van der Waals surface area contributed by atoms with E-state index in [0.717, 1.165) is 16.6 Å². The number of nitrogens with zero attached hydrogens (tertiary/aromatic N) is 2. The molecule has 22 heavy (non-hydrogen) atoms. The second-order valence-corrected chi connectivity index (χ2v) is 6.19. The molecule has 1 heterocycles. The van der Waals surface area contributed by atoms with Crippen molar-refractivity contribution in [2.75, 3.05) is 11.9 Å². The van der Waals surface area contributed by atoms with Crippen molar-refractivity contribution in [2.45, 2.75) is 20.3 Å². The van der Waals surface area contributed by atoms with Crippen molar-refractivity contribution in [3.8, 4) is 0 Å². The first-order chi connectivity index (χ1) is 10.6. The van der Waals surface area contributed by atoms with Crippen LogP contribution in [0.15, 0.2) is 41.1 Å². The van der Waals surface area contributed by atoms with E-state index in [1.54, 1.807) is 0 Å². The summed E-state index contributed by atoms with van der Waals surface area (Å²) in [5, 5.41) is 5.96. The monoisotopic (exact) mass is 362 g/mol. The average Bonchev–Trinajstić information content (AvgIpc) is 2.50. The summed E-state index contributed by atoms with van der Waals surface area (Å²) in [4.78, 5) is 20.3. The van der Waals surface area contributed by atoms with E-state index in [2.05, 4.69) is 50.4 Å². The highest BCUT2D eigenvalue weighted by molar-refractivity contribution is 9.10. The number of carbonyl (C=O) groups excluding carboxylic acids is 1. The molecule has 2 rings (SSSR count). The van der Waals surface area contributed by atoms with Crippen LogP contribution >= 0.6 is 15.9 Å². The Labute approximate surface area is 138 Å². The molecular formula is C16H19BrN4O. The number of rotatable bonds is 6. The van der Waals surface area contributed by atoms with Gasteiger partial charge in [-0.2, -0.15) is 0 Å². The summed E-state index contributed by atoms with van der Waals surface area (Å²) in [6.07, 6.45) is 4.00. The van der Waals surface area contributed by atoms with E-state index in [4.69, 9.17) is 0 Å². The van der Waals surface area contributed by atoms with E-state index < -0.39 is 0 Å². The van der Waals surface area contributed by atoms with Crippen LogP contribution in [0, 0.1) is 5.92 Å². The fourth-order valence-corrected chi connectivity index (χ4v) is 2.15. The standard InChI is InChI=1S/C16H19BrN4O/c1-11(2)7-8-18-15(22)12-9-19-16(20-10-12)21-14-6-4-3-5-13(14)17/h3-6,9-11H,7-8H2,1-2H3,(H,18,22)(H,19,20,21). The molecule has 2 N–H and O–H groups in total. The largest absolute Gasteiger partial charge is 0.352 e. The number of benzene rings is 1. The molecule has 6 heteroatoms. The van der Waals surface area contributed by atoms with Crippen molar-refractivity contribution in [1.29, 1.82) is 0 Å². The molecule has 0 saturated carbocycles. The van der Waals surface area contributed by atoms with Crippen LogP contribution in [0.5, 0.6) is 0 Å². The Balaban J connectivity index is 1.95. The molecular weight excluding hydrogens is 344 g/mol. The van der Waals surface area contributed by atoms with Crippen molar-refractivity contribution in [3.63, 3.8) is 0 Å². The van der Waals surface area contributed by atoms with Crippen LogP contribution in [-0.2, 0) is 0 Å². The number of amides is 1. The fraction of sp³-hybridized carbons (Fsp3) is 0.312. The summed E-state index contributed by atoms with van der Waals surface area (Å²) in [6, 6.07) is 7.70.